The molecule has 1 aliphatic rings. The number of aliphatic imine (C=N–C) groups is 1. The summed E-state index contributed by atoms with van der Waals surface area (Å²) < 4.78 is 21.7. The van der Waals surface area contributed by atoms with Gasteiger partial charge in [0.05, 0.1) is 19.3 Å². The third-order valence-corrected chi connectivity index (χ3v) is 4.26. The first-order valence-corrected chi connectivity index (χ1v) is 8.73. The molecular weight excluding hydrogens is 349 g/mol. The van der Waals surface area contributed by atoms with Gasteiger partial charge in [0.15, 0.2) is 5.84 Å². The largest absolute Gasteiger partial charge is 0.444 e. The molecule has 8 heteroatoms. The maximum absolute atomic E-state index is 14.5. The maximum Gasteiger partial charge on any atom is 0.413 e. The second kappa shape index (κ2) is 6.77. The smallest absolute Gasteiger partial charge is 0.413 e. The summed E-state index contributed by atoms with van der Waals surface area (Å²) in [4.78, 5) is 21.3. The number of nitrogens with zero attached hydrogens (tertiary/aromatic N) is 3. The van der Waals surface area contributed by atoms with E-state index in [1.54, 1.807) is 45.2 Å². The first-order valence-electron chi connectivity index (χ1n) is 8.73. The molecule has 1 aromatic carbocycles. The average Bonchev–Trinajstić information content (AvgIpc) is 2.96. The van der Waals surface area contributed by atoms with Crippen LogP contribution in [0.3, 0.4) is 0 Å². The fraction of sp³-hybridized carbons (Fsp3) is 0.421. The van der Waals surface area contributed by atoms with Crippen LogP contribution in [-0.2, 0) is 23.4 Å². The van der Waals surface area contributed by atoms with Crippen molar-refractivity contribution in [1.82, 2.24) is 14.9 Å². The van der Waals surface area contributed by atoms with Crippen LogP contribution in [0, 0.1) is 5.82 Å². The number of carbonyl (C=O) groups excluding carboxylic acids is 1. The Bertz CT molecular complexity index is 900. The highest BCUT2D eigenvalue weighted by atomic mass is 19.1. The zero-order valence-corrected chi connectivity index (χ0v) is 15.9. The van der Waals surface area contributed by atoms with E-state index in [9.17, 15) is 9.18 Å². The fourth-order valence-corrected chi connectivity index (χ4v) is 3.13. The number of halogens is 1. The summed E-state index contributed by atoms with van der Waals surface area (Å²) in [5.41, 5.74) is 5.24. The molecule has 0 saturated carbocycles. The molecule has 3 rings (SSSR count). The molecule has 1 amide bonds. The molecule has 0 fully saturated rings. The molecule has 1 aromatic heterocycles. The Morgan fingerprint density at radius 2 is 2.11 bits per heavy atom. The van der Waals surface area contributed by atoms with Gasteiger partial charge in [0, 0.05) is 5.56 Å². The zero-order chi connectivity index (χ0) is 19.8. The van der Waals surface area contributed by atoms with Crippen LogP contribution in [0.25, 0.3) is 0 Å². The lowest BCUT2D eigenvalue weighted by molar-refractivity contribution is 0.0562. The predicted octanol–water partition coefficient (Wildman–Crippen LogP) is 2.68. The van der Waals surface area contributed by atoms with Crippen molar-refractivity contribution in [3.63, 3.8) is 0 Å². The molecule has 0 saturated heterocycles. The lowest BCUT2D eigenvalue weighted by Crippen LogP contribution is -2.43. The highest BCUT2D eigenvalue weighted by molar-refractivity contribution is 6.06. The second-order valence-corrected chi connectivity index (χ2v) is 7.69. The number of amides is 1. The van der Waals surface area contributed by atoms with Gasteiger partial charge in [0.2, 0.25) is 0 Å². The molecule has 1 aliphatic heterocycles. The van der Waals surface area contributed by atoms with Gasteiger partial charge in [-0.3, -0.25) is 10.3 Å². The lowest BCUT2D eigenvalue weighted by Gasteiger charge is -2.33. The van der Waals surface area contributed by atoms with Gasteiger partial charge in [-0.2, -0.15) is 0 Å². The Labute approximate surface area is 157 Å². The van der Waals surface area contributed by atoms with Crippen molar-refractivity contribution >= 4 is 11.9 Å². The van der Waals surface area contributed by atoms with E-state index in [4.69, 9.17) is 10.5 Å². The van der Waals surface area contributed by atoms with Crippen LogP contribution in [0.1, 0.15) is 44.8 Å². The standard InChI is InChI=1S/C19H24FN5O2/c1-18(2,3)27-17(26)23-16-14-10-22-15(9-21)25(14)11-19(4,24-16)12-7-5-6-8-13(12)20/h5-8,10H,9,11,21H2,1-4H3,(H,23,24,26)/t19-/m0/s1. The monoisotopic (exact) mass is 373 g/mol. The van der Waals surface area contributed by atoms with Gasteiger partial charge in [-0.25, -0.2) is 14.2 Å². The number of hydrogen-bond donors (Lipinski definition) is 2. The second-order valence-electron chi connectivity index (χ2n) is 7.69. The van der Waals surface area contributed by atoms with Crippen LogP contribution >= 0.6 is 0 Å². The summed E-state index contributed by atoms with van der Waals surface area (Å²) >= 11 is 0. The van der Waals surface area contributed by atoms with E-state index in [2.05, 4.69) is 15.3 Å². The number of hydrogen-bond acceptors (Lipinski definition) is 5. The lowest BCUT2D eigenvalue weighted by atomic mass is 9.90. The Kier molecular flexibility index (Phi) is 4.77. The molecule has 0 radical (unpaired) electrons. The normalized spacial score (nSPS) is 19.3. The minimum absolute atomic E-state index is 0.215. The van der Waals surface area contributed by atoms with Gasteiger partial charge in [-0.05, 0) is 33.8 Å². The Balaban J connectivity index is 2.05. The quantitative estimate of drug-likeness (QED) is 0.846. The number of fused-ring (bicyclic) bond motifs is 1. The molecule has 2 aromatic rings. The van der Waals surface area contributed by atoms with E-state index < -0.39 is 17.2 Å². The third kappa shape index (κ3) is 3.85. The minimum atomic E-state index is -0.937. The van der Waals surface area contributed by atoms with Crippen molar-refractivity contribution in [3.05, 3.63) is 53.4 Å². The number of nitrogens with one attached hydrogen (secondary N) is 1. The van der Waals surface area contributed by atoms with E-state index in [0.717, 1.165) is 0 Å². The molecule has 7 nitrogen and oxygen atoms in total. The summed E-state index contributed by atoms with van der Waals surface area (Å²) in [6.45, 7) is 7.70. The molecule has 0 unspecified atom stereocenters. The molecule has 2 heterocycles. The van der Waals surface area contributed by atoms with Crippen LogP contribution in [0.15, 0.2) is 35.5 Å². The van der Waals surface area contributed by atoms with Gasteiger partial charge in [-0.15, -0.1) is 0 Å². The van der Waals surface area contributed by atoms with Crippen molar-refractivity contribution in [2.24, 2.45) is 10.7 Å². The molecule has 0 spiro atoms. The number of rotatable bonds is 2. The number of imidazole rings is 1. The summed E-state index contributed by atoms with van der Waals surface area (Å²) in [6, 6.07) is 6.47. The number of nitrogens with two attached hydrogens (primary N) is 1. The van der Waals surface area contributed by atoms with Gasteiger partial charge in [-0.1, -0.05) is 18.2 Å². The highest BCUT2D eigenvalue weighted by Gasteiger charge is 2.37. The Morgan fingerprint density at radius 1 is 1.41 bits per heavy atom. The number of carbonyl (C=O) groups is 1. The van der Waals surface area contributed by atoms with E-state index >= 15 is 0 Å². The van der Waals surface area contributed by atoms with Gasteiger partial charge < -0.3 is 15.0 Å². The molecule has 27 heavy (non-hydrogen) atoms. The summed E-state index contributed by atoms with van der Waals surface area (Å²) in [7, 11) is 0. The van der Waals surface area contributed by atoms with Gasteiger partial charge >= 0.3 is 6.09 Å². The van der Waals surface area contributed by atoms with Crippen LogP contribution in [0.2, 0.25) is 0 Å². The Morgan fingerprint density at radius 3 is 2.74 bits per heavy atom. The average molecular weight is 373 g/mol. The van der Waals surface area contributed by atoms with Crippen molar-refractivity contribution < 1.29 is 13.9 Å². The topological polar surface area (TPSA) is 94.5 Å². The van der Waals surface area contributed by atoms with Crippen LogP contribution in [0.5, 0.6) is 0 Å². The molecule has 0 bridgehead atoms. The SMILES string of the molecule is CC(C)(C)OC(=O)NC1=N[C@](C)(c2ccccc2F)Cn2c1cnc2CN. The third-order valence-electron chi connectivity index (χ3n) is 4.26. The van der Waals surface area contributed by atoms with Crippen molar-refractivity contribution in [3.8, 4) is 0 Å². The Hall–Kier alpha value is -2.74. The molecular formula is C19H24FN5O2. The maximum atomic E-state index is 14.5. The van der Waals surface area contributed by atoms with E-state index in [1.165, 1.54) is 6.07 Å². The molecule has 0 aliphatic carbocycles. The predicted molar refractivity (Wildman–Crippen MR) is 99.8 cm³/mol. The van der Waals surface area contributed by atoms with E-state index in [-0.39, 0.29) is 18.2 Å². The molecule has 3 N–H and O–H groups in total. The zero-order valence-electron chi connectivity index (χ0n) is 15.9. The van der Waals surface area contributed by atoms with Crippen molar-refractivity contribution in [2.45, 2.75) is 51.9 Å². The number of amidine groups is 1. The first kappa shape index (κ1) is 19.0. The number of aromatic nitrogens is 2. The van der Waals surface area contributed by atoms with E-state index in [1.807, 2.05) is 11.5 Å². The molecule has 144 valence electrons. The first-order chi connectivity index (χ1) is 12.6. The van der Waals surface area contributed by atoms with Crippen molar-refractivity contribution in [2.75, 3.05) is 0 Å². The van der Waals surface area contributed by atoms with Crippen LogP contribution in [0.4, 0.5) is 9.18 Å². The van der Waals surface area contributed by atoms with Gasteiger partial charge in [0.25, 0.3) is 0 Å². The fourth-order valence-electron chi connectivity index (χ4n) is 3.13. The molecule has 1 atom stereocenters. The van der Waals surface area contributed by atoms with Crippen molar-refractivity contribution in [1.29, 1.82) is 0 Å². The minimum Gasteiger partial charge on any atom is -0.444 e. The number of alkyl carbamates (subject to hydrolysis) is 1. The van der Waals surface area contributed by atoms with Crippen LogP contribution in [-0.4, -0.2) is 27.1 Å². The summed E-state index contributed by atoms with van der Waals surface area (Å²) in [5, 5.41) is 2.68. The van der Waals surface area contributed by atoms with Gasteiger partial charge in [0.1, 0.15) is 28.5 Å². The number of benzene rings is 1. The summed E-state index contributed by atoms with van der Waals surface area (Å²) in [6.07, 6.45) is 0.959. The van der Waals surface area contributed by atoms with E-state index in [0.29, 0.717) is 23.6 Å². The summed E-state index contributed by atoms with van der Waals surface area (Å²) in [5.74, 6) is 0.539. The highest BCUT2D eigenvalue weighted by Crippen LogP contribution is 2.34. The van der Waals surface area contributed by atoms with Crippen LogP contribution < -0.4 is 11.1 Å². The number of ether oxygens (including phenoxy) is 1.